The average Bonchev–Trinajstić information content (AvgIpc) is 3.04. The molecule has 23 heavy (non-hydrogen) atoms. The third-order valence-electron chi connectivity index (χ3n) is 4.26. The molecule has 3 rings (SSSR count). The Morgan fingerprint density at radius 2 is 1.83 bits per heavy atom. The normalized spacial score (nSPS) is 17.3. The highest BCUT2D eigenvalue weighted by molar-refractivity contribution is 5.57. The van der Waals surface area contributed by atoms with Gasteiger partial charge in [-0.2, -0.15) is 0 Å². The standard InChI is InChI=1S/C19H26N2O2/c1-15-3-5-17(6-4-15)19-8-7-18(23-19)13-20-16(2)14-21-9-11-22-12-10-21/h3-8,16,20H,9-14H2,1-2H3. The second-order valence-electron chi connectivity index (χ2n) is 6.33. The highest BCUT2D eigenvalue weighted by Crippen LogP contribution is 2.22. The molecule has 1 aromatic heterocycles. The Morgan fingerprint density at radius 1 is 1.09 bits per heavy atom. The van der Waals surface area contributed by atoms with Gasteiger partial charge in [0.1, 0.15) is 11.5 Å². The summed E-state index contributed by atoms with van der Waals surface area (Å²) in [5.41, 5.74) is 2.39. The maximum Gasteiger partial charge on any atom is 0.134 e. The number of benzene rings is 1. The fourth-order valence-corrected chi connectivity index (χ4v) is 2.86. The number of nitrogens with zero attached hydrogens (tertiary/aromatic N) is 1. The van der Waals surface area contributed by atoms with E-state index in [0.29, 0.717) is 6.04 Å². The molecule has 0 spiro atoms. The molecular formula is C19H26N2O2. The van der Waals surface area contributed by atoms with Crippen LogP contribution in [0.4, 0.5) is 0 Å². The van der Waals surface area contributed by atoms with Crippen LogP contribution in [-0.2, 0) is 11.3 Å². The molecule has 0 bridgehead atoms. The van der Waals surface area contributed by atoms with E-state index in [1.165, 1.54) is 5.56 Å². The molecule has 1 aliphatic rings. The first-order valence-electron chi connectivity index (χ1n) is 8.40. The summed E-state index contributed by atoms with van der Waals surface area (Å²) in [6.45, 7) is 9.90. The van der Waals surface area contributed by atoms with Crippen molar-refractivity contribution in [2.24, 2.45) is 0 Å². The lowest BCUT2D eigenvalue weighted by Gasteiger charge is -2.29. The first kappa shape index (κ1) is 16.2. The number of hydrogen-bond acceptors (Lipinski definition) is 4. The van der Waals surface area contributed by atoms with Gasteiger partial charge < -0.3 is 14.5 Å². The summed E-state index contributed by atoms with van der Waals surface area (Å²) < 4.78 is 11.3. The van der Waals surface area contributed by atoms with E-state index in [2.05, 4.69) is 54.4 Å². The molecule has 0 aliphatic carbocycles. The second-order valence-corrected chi connectivity index (χ2v) is 6.33. The van der Waals surface area contributed by atoms with Crippen LogP contribution in [-0.4, -0.2) is 43.8 Å². The molecule has 124 valence electrons. The largest absolute Gasteiger partial charge is 0.460 e. The number of ether oxygens (including phenoxy) is 1. The van der Waals surface area contributed by atoms with Crippen LogP contribution < -0.4 is 5.32 Å². The molecule has 0 radical (unpaired) electrons. The third kappa shape index (κ3) is 4.67. The van der Waals surface area contributed by atoms with Gasteiger partial charge in [-0.3, -0.25) is 4.90 Å². The predicted octanol–water partition coefficient (Wildman–Crippen LogP) is 3.07. The van der Waals surface area contributed by atoms with Gasteiger partial charge >= 0.3 is 0 Å². The summed E-state index contributed by atoms with van der Waals surface area (Å²) >= 11 is 0. The van der Waals surface area contributed by atoms with E-state index in [9.17, 15) is 0 Å². The number of aryl methyl sites for hydroxylation is 1. The number of hydrogen-bond donors (Lipinski definition) is 1. The number of rotatable bonds is 6. The minimum Gasteiger partial charge on any atom is -0.460 e. The average molecular weight is 314 g/mol. The maximum atomic E-state index is 5.95. The Balaban J connectivity index is 1.49. The zero-order valence-electron chi connectivity index (χ0n) is 14.0. The fraction of sp³-hybridized carbons (Fsp3) is 0.474. The molecule has 1 atom stereocenters. The smallest absolute Gasteiger partial charge is 0.134 e. The molecule has 1 saturated heterocycles. The van der Waals surface area contributed by atoms with Crippen molar-refractivity contribution in [1.82, 2.24) is 10.2 Å². The third-order valence-corrected chi connectivity index (χ3v) is 4.26. The summed E-state index contributed by atoms with van der Waals surface area (Å²) in [5, 5.41) is 3.54. The van der Waals surface area contributed by atoms with Gasteiger partial charge in [0.2, 0.25) is 0 Å². The van der Waals surface area contributed by atoms with Crippen molar-refractivity contribution in [3.63, 3.8) is 0 Å². The predicted molar refractivity (Wildman–Crippen MR) is 92.4 cm³/mol. The molecule has 1 aromatic carbocycles. The van der Waals surface area contributed by atoms with Crippen LogP contribution in [0.3, 0.4) is 0 Å². The van der Waals surface area contributed by atoms with Gasteiger partial charge in [0.05, 0.1) is 19.8 Å². The van der Waals surface area contributed by atoms with Crippen LogP contribution in [0.5, 0.6) is 0 Å². The van der Waals surface area contributed by atoms with E-state index >= 15 is 0 Å². The lowest BCUT2D eigenvalue weighted by Crippen LogP contribution is -2.44. The van der Waals surface area contributed by atoms with Gasteiger partial charge in [0, 0.05) is 31.2 Å². The Hall–Kier alpha value is -1.62. The Morgan fingerprint density at radius 3 is 2.57 bits per heavy atom. The molecule has 4 nitrogen and oxygen atoms in total. The van der Waals surface area contributed by atoms with Crippen LogP contribution >= 0.6 is 0 Å². The Bertz CT molecular complexity index is 600. The zero-order chi connectivity index (χ0) is 16.1. The van der Waals surface area contributed by atoms with Crippen LogP contribution in [0.25, 0.3) is 11.3 Å². The van der Waals surface area contributed by atoms with Gasteiger partial charge in [0.15, 0.2) is 0 Å². The summed E-state index contributed by atoms with van der Waals surface area (Å²) in [4.78, 5) is 2.45. The van der Waals surface area contributed by atoms with Gasteiger partial charge in [-0.15, -0.1) is 0 Å². The van der Waals surface area contributed by atoms with Crippen LogP contribution in [0, 0.1) is 6.92 Å². The lowest BCUT2D eigenvalue weighted by atomic mass is 10.1. The maximum absolute atomic E-state index is 5.95. The Labute approximate surface area is 138 Å². The van der Waals surface area contributed by atoms with Crippen molar-refractivity contribution in [1.29, 1.82) is 0 Å². The van der Waals surface area contributed by atoms with Gasteiger partial charge in [-0.05, 0) is 26.0 Å². The molecule has 1 fully saturated rings. The van der Waals surface area contributed by atoms with Gasteiger partial charge in [-0.25, -0.2) is 0 Å². The highest BCUT2D eigenvalue weighted by atomic mass is 16.5. The quantitative estimate of drug-likeness (QED) is 0.889. The number of furan rings is 1. The molecule has 4 heteroatoms. The fourth-order valence-electron chi connectivity index (χ4n) is 2.86. The van der Waals surface area contributed by atoms with E-state index < -0.39 is 0 Å². The van der Waals surface area contributed by atoms with E-state index in [4.69, 9.17) is 9.15 Å². The van der Waals surface area contributed by atoms with Crippen molar-refractivity contribution >= 4 is 0 Å². The minimum absolute atomic E-state index is 0.432. The van der Waals surface area contributed by atoms with Crippen LogP contribution in [0.2, 0.25) is 0 Å². The number of nitrogens with one attached hydrogen (secondary N) is 1. The van der Waals surface area contributed by atoms with Crippen molar-refractivity contribution in [2.75, 3.05) is 32.8 Å². The summed E-state index contributed by atoms with van der Waals surface area (Å²) in [5.74, 6) is 1.91. The molecule has 0 saturated carbocycles. The van der Waals surface area contributed by atoms with Crippen molar-refractivity contribution in [3.8, 4) is 11.3 Å². The molecule has 1 aliphatic heterocycles. The molecule has 1 unspecified atom stereocenters. The molecular weight excluding hydrogens is 288 g/mol. The van der Waals surface area contributed by atoms with Gasteiger partial charge in [-0.1, -0.05) is 29.8 Å². The monoisotopic (exact) mass is 314 g/mol. The van der Waals surface area contributed by atoms with E-state index in [1.807, 2.05) is 6.07 Å². The first-order valence-corrected chi connectivity index (χ1v) is 8.40. The first-order chi connectivity index (χ1) is 11.2. The van der Waals surface area contributed by atoms with Crippen molar-refractivity contribution < 1.29 is 9.15 Å². The summed E-state index contributed by atoms with van der Waals surface area (Å²) in [6.07, 6.45) is 0. The molecule has 1 N–H and O–H groups in total. The van der Waals surface area contributed by atoms with E-state index in [-0.39, 0.29) is 0 Å². The van der Waals surface area contributed by atoms with E-state index in [1.54, 1.807) is 0 Å². The van der Waals surface area contributed by atoms with Crippen LogP contribution in [0.1, 0.15) is 18.2 Å². The summed E-state index contributed by atoms with van der Waals surface area (Å²) in [7, 11) is 0. The van der Waals surface area contributed by atoms with Gasteiger partial charge in [0.25, 0.3) is 0 Å². The minimum atomic E-state index is 0.432. The second kappa shape index (κ2) is 7.77. The Kier molecular flexibility index (Phi) is 5.49. The van der Waals surface area contributed by atoms with Crippen molar-refractivity contribution in [2.45, 2.75) is 26.4 Å². The SMILES string of the molecule is Cc1ccc(-c2ccc(CNC(C)CN3CCOCC3)o2)cc1. The molecule has 2 aromatic rings. The molecule has 2 heterocycles. The van der Waals surface area contributed by atoms with E-state index in [0.717, 1.165) is 56.5 Å². The topological polar surface area (TPSA) is 37.6 Å². The molecule has 0 amide bonds. The zero-order valence-corrected chi connectivity index (χ0v) is 14.0. The van der Waals surface area contributed by atoms with Crippen molar-refractivity contribution in [3.05, 3.63) is 47.7 Å². The summed E-state index contributed by atoms with van der Waals surface area (Å²) in [6, 6.07) is 13.0. The number of morpholine rings is 1. The lowest BCUT2D eigenvalue weighted by molar-refractivity contribution is 0.0342. The van der Waals surface area contributed by atoms with Crippen LogP contribution in [0.15, 0.2) is 40.8 Å². The highest BCUT2D eigenvalue weighted by Gasteiger charge is 2.14.